The van der Waals surface area contributed by atoms with Crippen molar-refractivity contribution in [2.45, 2.75) is 26.8 Å². The minimum Gasteiger partial charge on any atom is -0.399 e. The van der Waals surface area contributed by atoms with Crippen LogP contribution >= 0.6 is 15.9 Å². The third-order valence-corrected chi connectivity index (χ3v) is 3.80. The topological polar surface area (TPSA) is 81.2 Å². The number of anilines is 1. The van der Waals surface area contributed by atoms with Crippen LogP contribution in [0, 0.1) is 13.8 Å². The number of halogens is 1. The number of nitrogens with two attached hydrogens (primary N) is 1. The van der Waals surface area contributed by atoms with E-state index in [0.29, 0.717) is 21.5 Å². The Morgan fingerprint density at radius 1 is 1.45 bits per heavy atom. The number of nitrogen functional groups attached to an aromatic ring is 1. The number of carbonyl (C=O) groups is 1. The smallest absolute Gasteiger partial charge is 0.252 e. The third-order valence-electron chi connectivity index (χ3n) is 3.10. The summed E-state index contributed by atoms with van der Waals surface area (Å²) in [6.07, 6.45) is 0. The lowest BCUT2D eigenvalue weighted by molar-refractivity contribution is 0.0939. The second-order valence-corrected chi connectivity index (χ2v) is 5.53. The van der Waals surface area contributed by atoms with Crippen LogP contribution in [0.4, 0.5) is 5.69 Å². The zero-order chi connectivity index (χ0) is 14.9. The van der Waals surface area contributed by atoms with Crippen molar-refractivity contribution in [3.63, 3.8) is 0 Å². The molecular weight excluding hydrogens is 322 g/mol. The second-order valence-electron chi connectivity index (χ2n) is 4.67. The highest BCUT2D eigenvalue weighted by molar-refractivity contribution is 9.10. The Hall–Kier alpha value is -1.82. The Morgan fingerprint density at radius 3 is 2.75 bits per heavy atom. The Bertz CT molecular complexity index is 632. The van der Waals surface area contributed by atoms with E-state index >= 15 is 0 Å². The average molecular weight is 338 g/mol. The van der Waals surface area contributed by atoms with Crippen molar-refractivity contribution in [1.29, 1.82) is 0 Å². The molecular formula is C14H16BrN3O2. The molecule has 0 radical (unpaired) electrons. The van der Waals surface area contributed by atoms with Crippen molar-refractivity contribution in [3.8, 4) is 0 Å². The van der Waals surface area contributed by atoms with Gasteiger partial charge in [-0.15, -0.1) is 0 Å². The fraction of sp³-hybridized carbons (Fsp3) is 0.286. The largest absolute Gasteiger partial charge is 0.399 e. The Labute approximate surface area is 125 Å². The van der Waals surface area contributed by atoms with Gasteiger partial charge in [0.2, 0.25) is 0 Å². The molecule has 0 aliphatic heterocycles. The van der Waals surface area contributed by atoms with Gasteiger partial charge in [-0.1, -0.05) is 5.16 Å². The van der Waals surface area contributed by atoms with Crippen LogP contribution in [0.25, 0.3) is 0 Å². The van der Waals surface area contributed by atoms with E-state index in [2.05, 4.69) is 26.4 Å². The van der Waals surface area contributed by atoms with Gasteiger partial charge in [-0.05, 0) is 54.9 Å². The summed E-state index contributed by atoms with van der Waals surface area (Å²) in [5, 5.41) is 6.82. The lowest BCUT2D eigenvalue weighted by Crippen LogP contribution is -2.27. The van der Waals surface area contributed by atoms with E-state index in [1.807, 2.05) is 20.8 Å². The molecule has 1 atom stereocenters. The molecule has 1 amide bonds. The van der Waals surface area contributed by atoms with Gasteiger partial charge in [0.1, 0.15) is 5.76 Å². The van der Waals surface area contributed by atoms with E-state index in [1.54, 1.807) is 18.2 Å². The zero-order valence-electron chi connectivity index (χ0n) is 11.5. The van der Waals surface area contributed by atoms with Gasteiger partial charge in [0.25, 0.3) is 5.91 Å². The van der Waals surface area contributed by atoms with E-state index in [0.717, 1.165) is 11.3 Å². The number of nitrogens with one attached hydrogen (secondary N) is 1. The molecule has 1 aromatic carbocycles. The maximum Gasteiger partial charge on any atom is 0.252 e. The number of hydrogen-bond donors (Lipinski definition) is 2. The van der Waals surface area contributed by atoms with Crippen LogP contribution in [0.3, 0.4) is 0 Å². The second kappa shape index (κ2) is 5.66. The summed E-state index contributed by atoms with van der Waals surface area (Å²) in [6, 6.07) is 4.94. The summed E-state index contributed by atoms with van der Waals surface area (Å²) >= 11 is 3.35. The van der Waals surface area contributed by atoms with Crippen LogP contribution in [-0.4, -0.2) is 11.1 Å². The number of benzene rings is 1. The SMILES string of the molecule is Cc1noc(C)c1C(C)NC(=O)c1cc(N)ccc1Br. The summed E-state index contributed by atoms with van der Waals surface area (Å²) in [7, 11) is 0. The number of nitrogens with zero attached hydrogens (tertiary/aromatic N) is 1. The molecule has 1 heterocycles. The summed E-state index contributed by atoms with van der Waals surface area (Å²) in [5.74, 6) is 0.513. The van der Waals surface area contributed by atoms with E-state index in [9.17, 15) is 4.79 Å². The molecule has 0 aliphatic carbocycles. The van der Waals surface area contributed by atoms with Crippen LogP contribution in [0.2, 0.25) is 0 Å². The van der Waals surface area contributed by atoms with Crippen LogP contribution in [0.5, 0.6) is 0 Å². The molecule has 0 aliphatic rings. The first-order chi connectivity index (χ1) is 9.40. The number of carbonyl (C=O) groups excluding carboxylic acids is 1. The number of aromatic nitrogens is 1. The van der Waals surface area contributed by atoms with E-state index in [1.165, 1.54) is 0 Å². The van der Waals surface area contributed by atoms with Gasteiger partial charge in [0.05, 0.1) is 17.3 Å². The summed E-state index contributed by atoms with van der Waals surface area (Å²) in [5.41, 5.74) is 8.44. The molecule has 0 bridgehead atoms. The number of hydrogen-bond acceptors (Lipinski definition) is 4. The maximum absolute atomic E-state index is 12.3. The summed E-state index contributed by atoms with van der Waals surface area (Å²) in [4.78, 5) is 12.3. The van der Waals surface area contributed by atoms with Crippen LogP contribution < -0.4 is 11.1 Å². The van der Waals surface area contributed by atoms with Crippen LogP contribution in [-0.2, 0) is 0 Å². The van der Waals surface area contributed by atoms with Crippen molar-refractivity contribution in [2.24, 2.45) is 0 Å². The highest BCUT2D eigenvalue weighted by Gasteiger charge is 2.20. The van der Waals surface area contributed by atoms with Gasteiger partial charge >= 0.3 is 0 Å². The molecule has 0 saturated carbocycles. The first kappa shape index (κ1) is 14.6. The molecule has 3 N–H and O–H groups in total. The first-order valence-corrected chi connectivity index (χ1v) is 6.98. The van der Waals surface area contributed by atoms with Gasteiger partial charge in [0, 0.05) is 15.7 Å². The number of rotatable bonds is 3. The molecule has 5 nitrogen and oxygen atoms in total. The molecule has 0 saturated heterocycles. The third kappa shape index (κ3) is 2.85. The predicted octanol–water partition coefficient (Wildman–Crippen LogP) is 3.13. The van der Waals surface area contributed by atoms with Gasteiger partial charge < -0.3 is 15.6 Å². The standard InChI is InChI=1S/C14H16BrN3O2/c1-7(13-8(2)18-20-9(13)3)17-14(19)11-6-10(16)4-5-12(11)15/h4-7H,16H2,1-3H3,(H,17,19). The molecule has 0 spiro atoms. The molecule has 6 heteroatoms. The van der Waals surface area contributed by atoms with Crippen molar-refractivity contribution >= 4 is 27.5 Å². The normalized spacial score (nSPS) is 12.2. The van der Waals surface area contributed by atoms with Gasteiger partial charge in [-0.2, -0.15) is 0 Å². The van der Waals surface area contributed by atoms with E-state index < -0.39 is 0 Å². The summed E-state index contributed by atoms with van der Waals surface area (Å²) < 4.78 is 5.82. The zero-order valence-corrected chi connectivity index (χ0v) is 13.1. The van der Waals surface area contributed by atoms with E-state index in [4.69, 9.17) is 10.3 Å². The van der Waals surface area contributed by atoms with Crippen LogP contribution in [0.15, 0.2) is 27.2 Å². The molecule has 2 aromatic rings. The van der Waals surface area contributed by atoms with Crippen molar-refractivity contribution in [3.05, 3.63) is 45.3 Å². The van der Waals surface area contributed by atoms with E-state index in [-0.39, 0.29) is 11.9 Å². The Morgan fingerprint density at radius 2 is 2.15 bits per heavy atom. The lowest BCUT2D eigenvalue weighted by Gasteiger charge is -2.14. The van der Waals surface area contributed by atoms with Crippen LogP contribution in [0.1, 0.15) is 40.3 Å². The average Bonchev–Trinajstić information content (AvgIpc) is 2.71. The quantitative estimate of drug-likeness (QED) is 0.843. The molecule has 1 unspecified atom stereocenters. The minimum atomic E-state index is -0.198. The Balaban J connectivity index is 2.22. The van der Waals surface area contributed by atoms with Gasteiger partial charge in [0.15, 0.2) is 0 Å². The molecule has 0 fully saturated rings. The van der Waals surface area contributed by atoms with Crippen molar-refractivity contribution < 1.29 is 9.32 Å². The van der Waals surface area contributed by atoms with Crippen molar-refractivity contribution in [1.82, 2.24) is 10.5 Å². The molecule has 106 valence electrons. The maximum atomic E-state index is 12.3. The fourth-order valence-electron chi connectivity index (χ4n) is 2.17. The molecule has 1 aromatic heterocycles. The lowest BCUT2D eigenvalue weighted by atomic mass is 10.1. The Kier molecular flexibility index (Phi) is 4.13. The monoisotopic (exact) mass is 337 g/mol. The number of aryl methyl sites for hydroxylation is 2. The van der Waals surface area contributed by atoms with Crippen molar-refractivity contribution in [2.75, 3.05) is 5.73 Å². The fourth-order valence-corrected chi connectivity index (χ4v) is 2.60. The highest BCUT2D eigenvalue weighted by Crippen LogP contribution is 2.23. The molecule has 2 rings (SSSR count). The number of amides is 1. The minimum absolute atomic E-state index is 0.193. The van der Waals surface area contributed by atoms with Gasteiger partial charge in [-0.25, -0.2) is 0 Å². The first-order valence-electron chi connectivity index (χ1n) is 6.18. The predicted molar refractivity (Wildman–Crippen MR) is 80.4 cm³/mol. The highest BCUT2D eigenvalue weighted by atomic mass is 79.9. The van der Waals surface area contributed by atoms with Gasteiger partial charge in [-0.3, -0.25) is 4.79 Å². The molecule has 20 heavy (non-hydrogen) atoms. The summed E-state index contributed by atoms with van der Waals surface area (Å²) in [6.45, 7) is 5.57.